The van der Waals surface area contributed by atoms with Crippen molar-refractivity contribution in [3.05, 3.63) is 0 Å². The van der Waals surface area contributed by atoms with Crippen LogP contribution >= 0.6 is 0 Å². The van der Waals surface area contributed by atoms with Gasteiger partial charge in [-0.05, 0) is 77.4 Å². The fourth-order valence-corrected chi connectivity index (χ4v) is 3.35. The molecule has 0 aromatic heterocycles. The molecule has 0 radical (unpaired) electrons. The minimum atomic E-state index is 0.0517. The van der Waals surface area contributed by atoms with E-state index in [0.29, 0.717) is 6.42 Å². The topological polar surface area (TPSA) is 32.3 Å². The maximum absolute atomic E-state index is 12.2. The third-order valence-electron chi connectivity index (χ3n) is 4.78. The average Bonchev–Trinajstić information content (AvgIpc) is 2.43. The molecule has 0 aromatic carbocycles. The van der Waals surface area contributed by atoms with Crippen LogP contribution in [0.3, 0.4) is 0 Å². The number of rotatable bonds is 9. The van der Waals surface area contributed by atoms with E-state index in [1.807, 2.05) is 0 Å². The van der Waals surface area contributed by atoms with Gasteiger partial charge in [-0.2, -0.15) is 0 Å². The first-order chi connectivity index (χ1) is 9.99. The van der Waals surface area contributed by atoms with Crippen LogP contribution in [-0.4, -0.2) is 36.0 Å². The highest BCUT2D eigenvalue weighted by atomic mass is 16.1. The summed E-state index contributed by atoms with van der Waals surface area (Å²) in [4.78, 5) is 14.6. The van der Waals surface area contributed by atoms with Gasteiger partial charge in [-0.1, -0.05) is 20.8 Å². The van der Waals surface area contributed by atoms with Gasteiger partial charge in [0.25, 0.3) is 0 Å². The van der Waals surface area contributed by atoms with Crippen molar-refractivity contribution in [1.82, 2.24) is 10.2 Å². The Kier molecular flexibility index (Phi) is 8.31. The van der Waals surface area contributed by atoms with Crippen LogP contribution in [0.5, 0.6) is 0 Å². The standard InChI is InChI=1S/C18H36N2O/c1-5-13-20(14-6-2)15-7-8-17(21)19-18(4)11-9-16(3)10-12-18/h16H,5-15H2,1-4H3,(H,19,21). The minimum absolute atomic E-state index is 0.0517. The molecule has 0 unspecified atom stereocenters. The Labute approximate surface area is 131 Å². The molecule has 1 amide bonds. The third kappa shape index (κ3) is 7.30. The lowest BCUT2D eigenvalue weighted by Gasteiger charge is -2.37. The summed E-state index contributed by atoms with van der Waals surface area (Å²) in [6, 6.07) is 0. The van der Waals surface area contributed by atoms with Gasteiger partial charge < -0.3 is 10.2 Å². The first kappa shape index (κ1) is 18.5. The van der Waals surface area contributed by atoms with E-state index in [2.05, 4.69) is 37.9 Å². The van der Waals surface area contributed by atoms with Crippen molar-refractivity contribution in [2.24, 2.45) is 5.92 Å². The van der Waals surface area contributed by atoms with Gasteiger partial charge >= 0.3 is 0 Å². The molecule has 0 aromatic rings. The molecule has 0 aliphatic heterocycles. The normalized spacial score (nSPS) is 26.0. The molecule has 124 valence electrons. The molecule has 1 N–H and O–H groups in total. The van der Waals surface area contributed by atoms with Crippen LogP contribution in [0.25, 0.3) is 0 Å². The molecule has 0 saturated heterocycles. The van der Waals surface area contributed by atoms with Crippen molar-refractivity contribution in [3.63, 3.8) is 0 Å². The van der Waals surface area contributed by atoms with Gasteiger partial charge in [0.15, 0.2) is 0 Å². The summed E-state index contributed by atoms with van der Waals surface area (Å²) in [5.41, 5.74) is 0.0517. The van der Waals surface area contributed by atoms with Gasteiger partial charge in [0.1, 0.15) is 0 Å². The molecule has 3 nitrogen and oxygen atoms in total. The highest BCUT2D eigenvalue weighted by Gasteiger charge is 2.30. The van der Waals surface area contributed by atoms with E-state index in [9.17, 15) is 4.79 Å². The van der Waals surface area contributed by atoms with Crippen molar-refractivity contribution in [2.75, 3.05) is 19.6 Å². The number of hydrogen-bond acceptors (Lipinski definition) is 2. The van der Waals surface area contributed by atoms with Crippen molar-refractivity contribution in [1.29, 1.82) is 0 Å². The number of carbonyl (C=O) groups is 1. The lowest BCUT2D eigenvalue weighted by atomic mass is 9.78. The number of carbonyl (C=O) groups excluding carboxylic acids is 1. The second-order valence-corrected chi connectivity index (χ2v) is 7.24. The van der Waals surface area contributed by atoms with Crippen LogP contribution in [0.4, 0.5) is 0 Å². The molecule has 1 saturated carbocycles. The first-order valence-corrected chi connectivity index (χ1v) is 9.02. The molecule has 0 bridgehead atoms. The molecular formula is C18H36N2O. The Morgan fingerprint density at radius 1 is 1.14 bits per heavy atom. The summed E-state index contributed by atoms with van der Waals surface area (Å²) < 4.78 is 0. The van der Waals surface area contributed by atoms with Crippen LogP contribution in [-0.2, 0) is 4.79 Å². The largest absolute Gasteiger partial charge is 0.351 e. The van der Waals surface area contributed by atoms with E-state index >= 15 is 0 Å². The number of amides is 1. The SMILES string of the molecule is CCCN(CCC)CCCC(=O)NC1(C)CCC(C)CC1. The molecule has 0 atom stereocenters. The number of nitrogens with one attached hydrogen (secondary N) is 1. The first-order valence-electron chi connectivity index (χ1n) is 9.02. The average molecular weight is 296 g/mol. The van der Waals surface area contributed by atoms with Crippen LogP contribution in [0.15, 0.2) is 0 Å². The van der Waals surface area contributed by atoms with E-state index in [4.69, 9.17) is 0 Å². The monoisotopic (exact) mass is 296 g/mol. The van der Waals surface area contributed by atoms with E-state index in [1.165, 1.54) is 25.7 Å². The van der Waals surface area contributed by atoms with Gasteiger partial charge in [0.2, 0.25) is 5.91 Å². The summed E-state index contributed by atoms with van der Waals surface area (Å²) in [5, 5.41) is 3.30. The van der Waals surface area contributed by atoms with Crippen molar-refractivity contribution >= 4 is 5.91 Å². The van der Waals surface area contributed by atoms with Crippen LogP contribution in [0, 0.1) is 5.92 Å². The van der Waals surface area contributed by atoms with E-state index < -0.39 is 0 Å². The summed E-state index contributed by atoms with van der Waals surface area (Å²) in [6.07, 6.45) is 8.82. The molecular weight excluding hydrogens is 260 g/mol. The minimum Gasteiger partial charge on any atom is -0.351 e. The predicted molar refractivity (Wildman–Crippen MR) is 90.4 cm³/mol. The molecule has 21 heavy (non-hydrogen) atoms. The Hall–Kier alpha value is -0.570. The molecule has 1 fully saturated rings. The van der Waals surface area contributed by atoms with E-state index in [0.717, 1.165) is 44.8 Å². The lowest BCUT2D eigenvalue weighted by molar-refractivity contribution is -0.123. The summed E-state index contributed by atoms with van der Waals surface area (Å²) in [6.45, 7) is 12.4. The second-order valence-electron chi connectivity index (χ2n) is 7.24. The molecule has 0 heterocycles. The molecule has 0 spiro atoms. The number of hydrogen-bond donors (Lipinski definition) is 1. The Morgan fingerprint density at radius 2 is 1.71 bits per heavy atom. The van der Waals surface area contributed by atoms with Gasteiger partial charge in [-0.15, -0.1) is 0 Å². The lowest BCUT2D eigenvalue weighted by Crippen LogP contribution is -2.48. The highest BCUT2D eigenvalue weighted by Crippen LogP contribution is 2.31. The summed E-state index contributed by atoms with van der Waals surface area (Å²) in [5.74, 6) is 1.08. The van der Waals surface area contributed by atoms with Crippen LogP contribution in [0.1, 0.15) is 79.1 Å². The maximum atomic E-state index is 12.2. The summed E-state index contributed by atoms with van der Waals surface area (Å²) >= 11 is 0. The van der Waals surface area contributed by atoms with E-state index in [-0.39, 0.29) is 11.4 Å². The fourth-order valence-electron chi connectivity index (χ4n) is 3.35. The fraction of sp³-hybridized carbons (Fsp3) is 0.944. The molecule has 3 heteroatoms. The highest BCUT2D eigenvalue weighted by molar-refractivity contribution is 5.76. The quantitative estimate of drug-likeness (QED) is 0.698. The van der Waals surface area contributed by atoms with Gasteiger partial charge in [-0.3, -0.25) is 4.79 Å². The molecule has 1 rings (SSSR count). The Bertz CT molecular complexity index is 290. The van der Waals surface area contributed by atoms with Gasteiger partial charge in [-0.25, -0.2) is 0 Å². The zero-order chi connectivity index (χ0) is 15.7. The molecule has 1 aliphatic carbocycles. The van der Waals surface area contributed by atoms with Crippen molar-refractivity contribution in [2.45, 2.75) is 84.6 Å². The number of nitrogens with zero attached hydrogens (tertiary/aromatic N) is 1. The van der Waals surface area contributed by atoms with Gasteiger partial charge in [0, 0.05) is 12.0 Å². The zero-order valence-corrected chi connectivity index (χ0v) is 14.7. The zero-order valence-electron chi connectivity index (χ0n) is 14.7. The maximum Gasteiger partial charge on any atom is 0.220 e. The second kappa shape index (κ2) is 9.45. The van der Waals surface area contributed by atoms with Crippen molar-refractivity contribution in [3.8, 4) is 0 Å². The van der Waals surface area contributed by atoms with E-state index in [1.54, 1.807) is 0 Å². The van der Waals surface area contributed by atoms with Crippen LogP contribution < -0.4 is 5.32 Å². The Balaban J connectivity index is 2.24. The summed E-state index contributed by atoms with van der Waals surface area (Å²) in [7, 11) is 0. The molecule has 1 aliphatic rings. The van der Waals surface area contributed by atoms with Crippen LogP contribution in [0.2, 0.25) is 0 Å². The van der Waals surface area contributed by atoms with Crippen molar-refractivity contribution < 1.29 is 4.79 Å². The Morgan fingerprint density at radius 3 is 2.24 bits per heavy atom. The van der Waals surface area contributed by atoms with Gasteiger partial charge in [0.05, 0.1) is 0 Å². The third-order valence-corrected chi connectivity index (χ3v) is 4.78. The smallest absolute Gasteiger partial charge is 0.220 e. The predicted octanol–water partition coefficient (Wildman–Crippen LogP) is 3.97.